The van der Waals surface area contributed by atoms with Gasteiger partial charge in [-0.3, -0.25) is 0 Å². The largest absolute Gasteiger partial charge is 0.378 e. The van der Waals surface area contributed by atoms with Gasteiger partial charge in [-0.2, -0.15) is 9.97 Å². The molecule has 1 aliphatic rings. The smallest absolute Gasteiger partial charge is 0.229 e. The summed E-state index contributed by atoms with van der Waals surface area (Å²) in [6.45, 7) is 5.35. The van der Waals surface area contributed by atoms with Gasteiger partial charge in [-0.05, 0) is 18.7 Å². The van der Waals surface area contributed by atoms with Crippen molar-refractivity contribution in [1.82, 2.24) is 35.6 Å². The number of nitrogens with one attached hydrogen (secondary N) is 2. The molecule has 3 aromatic rings. The van der Waals surface area contributed by atoms with Crippen molar-refractivity contribution in [2.75, 3.05) is 57.1 Å². The van der Waals surface area contributed by atoms with E-state index in [-0.39, 0.29) is 5.95 Å². The second-order valence-corrected chi connectivity index (χ2v) is 7.19. The molecule has 10 nitrogen and oxygen atoms in total. The van der Waals surface area contributed by atoms with Crippen LogP contribution in [0.1, 0.15) is 5.56 Å². The third-order valence-corrected chi connectivity index (χ3v) is 4.91. The van der Waals surface area contributed by atoms with Gasteiger partial charge in [0.1, 0.15) is 0 Å². The molecule has 10 heteroatoms. The summed E-state index contributed by atoms with van der Waals surface area (Å²) >= 11 is 0. The first-order valence-electron chi connectivity index (χ1n) is 10.3. The lowest BCUT2D eigenvalue weighted by atomic mass is 10.1. The van der Waals surface area contributed by atoms with Crippen molar-refractivity contribution in [3.63, 3.8) is 0 Å². The van der Waals surface area contributed by atoms with Gasteiger partial charge in [-0.15, -0.1) is 0 Å². The van der Waals surface area contributed by atoms with Gasteiger partial charge in [0.15, 0.2) is 11.6 Å². The fourth-order valence-corrected chi connectivity index (χ4v) is 3.25. The second-order valence-electron chi connectivity index (χ2n) is 7.19. The van der Waals surface area contributed by atoms with Gasteiger partial charge in [-0.1, -0.05) is 18.2 Å². The predicted octanol–water partition coefficient (Wildman–Crippen LogP) is 0.723. The molecule has 0 bridgehead atoms. The molecular weight excluding hydrogens is 394 g/mol. The second kappa shape index (κ2) is 10.2. The summed E-state index contributed by atoms with van der Waals surface area (Å²) in [5, 5.41) is 6.55. The third kappa shape index (κ3) is 5.48. The first-order valence-corrected chi connectivity index (χ1v) is 10.3. The number of likely N-dealkylation sites (N-methyl/N-ethyl adjacent to an activating group) is 1. The maximum atomic E-state index is 5.64. The van der Waals surface area contributed by atoms with Gasteiger partial charge in [-0.25, -0.2) is 15.0 Å². The van der Waals surface area contributed by atoms with Crippen LogP contribution in [-0.2, 0) is 11.3 Å². The van der Waals surface area contributed by atoms with E-state index in [4.69, 9.17) is 20.4 Å². The van der Waals surface area contributed by atoms with E-state index >= 15 is 0 Å². The van der Waals surface area contributed by atoms with E-state index in [0.717, 1.165) is 38.3 Å². The summed E-state index contributed by atoms with van der Waals surface area (Å²) in [6.07, 6.45) is 3.26. The number of hydrogen-bond donors (Lipinski definition) is 3. The van der Waals surface area contributed by atoms with Gasteiger partial charge >= 0.3 is 0 Å². The van der Waals surface area contributed by atoms with E-state index < -0.39 is 0 Å². The number of rotatable bonds is 8. The Balaban J connectivity index is 1.67. The topological polar surface area (TPSA) is 127 Å². The van der Waals surface area contributed by atoms with Crippen LogP contribution in [-0.4, -0.2) is 71.4 Å². The fourth-order valence-electron chi connectivity index (χ4n) is 3.25. The van der Waals surface area contributed by atoms with Crippen molar-refractivity contribution >= 4 is 11.9 Å². The molecule has 0 saturated carbocycles. The minimum atomic E-state index is 0.213. The van der Waals surface area contributed by atoms with Crippen molar-refractivity contribution in [3.8, 4) is 22.8 Å². The molecular formula is C21H27N9O. The number of ether oxygens (including phenoxy) is 1. The minimum absolute atomic E-state index is 0.213. The number of aromatic nitrogens is 5. The van der Waals surface area contributed by atoms with E-state index in [1.165, 1.54) is 5.56 Å². The van der Waals surface area contributed by atoms with E-state index in [0.29, 0.717) is 36.4 Å². The van der Waals surface area contributed by atoms with Crippen LogP contribution in [0.5, 0.6) is 0 Å². The molecule has 2 aromatic heterocycles. The summed E-state index contributed by atoms with van der Waals surface area (Å²) in [5.41, 5.74) is 8.43. The van der Waals surface area contributed by atoms with Crippen LogP contribution < -0.4 is 21.3 Å². The molecule has 0 unspecified atom stereocenters. The maximum absolute atomic E-state index is 5.64. The van der Waals surface area contributed by atoms with Crippen molar-refractivity contribution in [2.24, 2.45) is 0 Å². The summed E-state index contributed by atoms with van der Waals surface area (Å²) in [7, 11) is 1.94. The zero-order valence-electron chi connectivity index (χ0n) is 17.6. The lowest BCUT2D eigenvalue weighted by Crippen LogP contribution is -2.37. The number of morpholine rings is 1. The zero-order valence-corrected chi connectivity index (χ0v) is 17.6. The Morgan fingerprint density at radius 1 is 1.00 bits per heavy atom. The molecule has 0 spiro atoms. The summed E-state index contributed by atoms with van der Waals surface area (Å²) in [6, 6.07) is 8.23. The Morgan fingerprint density at radius 2 is 1.74 bits per heavy atom. The SMILES string of the molecule is CNCCNCc1cccc(-c2nc(-c3cnc(N)nc3)nc(N3CCOCC3)n2)c1. The van der Waals surface area contributed by atoms with Gasteiger partial charge in [0.05, 0.1) is 18.8 Å². The Labute approximate surface area is 181 Å². The van der Waals surface area contributed by atoms with E-state index in [9.17, 15) is 0 Å². The molecule has 1 saturated heterocycles. The van der Waals surface area contributed by atoms with Crippen LogP contribution in [0, 0.1) is 0 Å². The Morgan fingerprint density at radius 3 is 2.48 bits per heavy atom. The fraction of sp³-hybridized carbons (Fsp3) is 0.381. The number of anilines is 2. The van der Waals surface area contributed by atoms with Gasteiger partial charge in [0, 0.05) is 50.7 Å². The van der Waals surface area contributed by atoms with Gasteiger partial charge < -0.3 is 26.0 Å². The quantitative estimate of drug-likeness (QED) is 0.448. The molecule has 1 aliphatic heterocycles. The van der Waals surface area contributed by atoms with E-state index in [2.05, 4.69) is 42.6 Å². The highest BCUT2D eigenvalue weighted by Crippen LogP contribution is 2.24. The number of nitrogen functional groups attached to an aromatic ring is 1. The van der Waals surface area contributed by atoms with Crippen molar-refractivity contribution in [3.05, 3.63) is 42.2 Å². The molecule has 4 rings (SSSR count). The first-order chi connectivity index (χ1) is 15.2. The molecule has 0 radical (unpaired) electrons. The summed E-state index contributed by atoms with van der Waals surface area (Å²) in [4.78, 5) is 24.4. The van der Waals surface area contributed by atoms with Gasteiger partial charge in [0.25, 0.3) is 0 Å². The Bertz CT molecular complexity index is 990. The molecule has 162 valence electrons. The highest BCUT2D eigenvalue weighted by molar-refractivity contribution is 5.63. The van der Waals surface area contributed by atoms with E-state index in [1.807, 2.05) is 19.2 Å². The van der Waals surface area contributed by atoms with Crippen molar-refractivity contribution in [2.45, 2.75) is 6.54 Å². The number of hydrogen-bond acceptors (Lipinski definition) is 10. The molecule has 0 atom stereocenters. The third-order valence-electron chi connectivity index (χ3n) is 4.91. The minimum Gasteiger partial charge on any atom is -0.378 e. The molecule has 4 N–H and O–H groups in total. The predicted molar refractivity (Wildman–Crippen MR) is 119 cm³/mol. The first kappa shape index (κ1) is 21.0. The monoisotopic (exact) mass is 421 g/mol. The number of nitrogens with zero attached hydrogens (tertiary/aromatic N) is 6. The summed E-state index contributed by atoms with van der Waals surface area (Å²) < 4.78 is 5.48. The van der Waals surface area contributed by atoms with Crippen LogP contribution in [0.3, 0.4) is 0 Å². The normalized spacial score (nSPS) is 14.0. The average Bonchev–Trinajstić information content (AvgIpc) is 2.83. The highest BCUT2D eigenvalue weighted by Gasteiger charge is 2.18. The van der Waals surface area contributed by atoms with Crippen molar-refractivity contribution < 1.29 is 4.74 Å². The lowest BCUT2D eigenvalue weighted by molar-refractivity contribution is 0.122. The Hall–Kier alpha value is -3.21. The molecule has 1 fully saturated rings. The lowest BCUT2D eigenvalue weighted by Gasteiger charge is -2.27. The molecule has 0 aliphatic carbocycles. The number of nitrogens with two attached hydrogens (primary N) is 1. The van der Waals surface area contributed by atoms with Crippen LogP contribution in [0.15, 0.2) is 36.7 Å². The zero-order chi connectivity index (χ0) is 21.5. The summed E-state index contributed by atoms with van der Waals surface area (Å²) in [5.74, 6) is 1.96. The molecule has 3 heterocycles. The molecule has 1 aromatic carbocycles. The standard InChI is InChI=1S/C21H27N9O/c1-23-5-6-24-12-15-3-2-4-16(11-15)18-27-19(17-13-25-20(22)26-14-17)29-21(28-18)30-7-9-31-10-8-30/h2-4,11,13-14,23-24H,5-10,12H2,1H3,(H2,22,25,26). The molecule has 31 heavy (non-hydrogen) atoms. The number of benzene rings is 1. The van der Waals surface area contributed by atoms with Crippen molar-refractivity contribution in [1.29, 1.82) is 0 Å². The molecule has 0 amide bonds. The van der Waals surface area contributed by atoms with E-state index in [1.54, 1.807) is 12.4 Å². The highest BCUT2D eigenvalue weighted by atomic mass is 16.5. The van der Waals surface area contributed by atoms with Gasteiger partial charge in [0.2, 0.25) is 11.9 Å². The average molecular weight is 422 g/mol. The maximum Gasteiger partial charge on any atom is 0.229 e. The van der Waals surface area contributed by atoms with Crippen LogP contribution in [0.25, 0.3) is 22.8 Å². The Kier molecular flexibility index (Phi) is 6.92. The van der Waals surface area contributed by atoms with Crippen LogP contribution in [0.4, 0.5) is 11.9 Å². The van der Waals surface area contributed by atoms with Crippen LogP contribution in [0.2, 0.25) is 0 Å². The van der Waals surface area contributed by atoms with Crippen LogP contribution >= 0.6 is 0 Å².